The number of para-hydroxylation sites is 1. The van der Waals surface area contributed by atoms with E-state index in [-0.39, 0.29) is 6.10 Å². The van der Waals surface area contributed by atoms with Crippen LogP contribution in [0.25, 0.3) is 10.9 Å². The first-order valence-electron chi connectivity index (χ1n) is 6.70. The molecule has 3 rings (SSSR count). The van der Waals surface area contributed by atoms with E-state index in [1.165, 1.54) is 35.0 Å². The zero-order valence-electron chi connectivity index (χ0n) is 10.8. The maximum atomic E-state index is 6.00. The van der Waals surface area contributed by atoms with Gasteiger partial charge in [-0.15, -0.1) is 0 Å². The Labute approximate surface area is 107 Å². The highest BCUT2D eigenvalue weighted by molar-refractivity contribution is 5.85. The first-order valence-corrected chi connectivity index (χ1v) is 6.70. The third-order valence-electron chi connectivity index (χ3n) is 3.69. The molecule has 3 N–H and O–H groups in total. The smallest absolute Gasteiger partial charge is 0.0876 e. The summed E-state index contributed by atoms with van der Waals surface area (Å²) in [5, 5.41) is 1.30. The van der Waals surface area contributed by atoms with Crippen molar-refractivity contribution < 1.29 is 4.74 Å². The van der Waals surface area contributed by atoms with Crippen molar-refractivity contribution in [2.45, 2.75) is 25.9 Å². The standard InChI is InChI=1S/C15H20N2O/c1-10-14(12-4-2-3-5-13(12)17-10)15(11-6-7-11)18-9-8-16/h2-5,11,15,17H,6-9,16H2,1H3. The Balaban J connectivity index is 2.02. The zero-order valence-corrected chi connectivity index (χ0v) is 10.8. The van der Waals surface area contributed by atoms with Gasteiger partial charge in [-0.25, -0.2) is 0 Å². The van der Waals surface area contributed by atoms with E-state index in [1.807, 2.05) is 0 Å². The molecule has 0 bridgehead atoms. The topological polar surface area (TPSA) is 51.0 Å². The average Bonchev–Trinajstić information content (AvgIpc) is 3.15. The normalized spacial score (nSPS) is 17.2. The summed E-state index contributed by atoms with van der Waals surface area (Å²) in [5.74, 6) is 0.675. The lowest BCUT2D eigenvalue weighted by Gasteiger charge is -2.18. The lowest BCUT2D eigenvalue weighted by Crippen LogP contribution is -2.14. The van der Waals surface area contributed by atoms with Crippen molar-refractivity contribution in [2.75, 3.05) is 13.2 Å². The molecule has 1 aliphatic rings. The van der Waals surface area contributed by atoms with Crippen LogP contribution >= 0.6 is 0 Å². The van der Waals surface area contributed by atoms with Crippen LogP contribution in [-0.2, 0) is 4.74 Å². The predicted molar refractivity (Wildman–Crippen MR) is 73.5 cm³/mol. The van der Waals surface area contributed by atoms with E-state index in [1.54, 1.807) is 0 Å². The number of aromatic nitrogens is 1. The highest BCUT2D eigenvalue weighted by Crippen LogP contribution is 2.46. The molecule has 0 radical (unpaired) electrons. The summed E-state index contributed by atoms with van der Waals surface area (Å²) in [4.78, 5) is 3.46. The first-order chi connectivity index (χ1) is 8.81. The van der Waals surface area contributed by atoms with E-state index >= 15 is 0 Å². The molecule has 2 aromatic rings. The minimum absolute atomic E-state index is 0.213. The second-order valence-electron chi connectivity index (χ2n) is 5.13. The molecule has 0 spiro atoms. The average molecular weight is 244 g/mol. The molecule has 1 atom stereocenters. The quantitative estimate of drug-likeness (QED) is 0.849. The molecule has 1 aliphatic carbocycles. The number of fused-ring (bicyclic) bond motifs is 1. The van der Waals surface area contributed by atoms with Crippen LogP contribution in [0.5, 0.6) is 0 Å². The predicted octanol–water partition coefficient (Wildman–Crippen LogP) is 2.90. The van der Waals surface area contributed by atoms with Gasteiger partial charge in [0.1, 0.15) is 0 Å². The number of H-pyrrole nitrogens is 1. The van der Waals surface area contributed by atoms with Gasteiger partial charge < -0.3 is 15.5 Å². The summed E-state index contributed by atoms with van der Waals surface area (Å²) in [5.41, 5.74) is 9.33. The fourth-order valence-electron chi connectivity index (χ4n) is 2.71. The van der Waals surface area contributed by atoms with Crippen molar-refractivity contribution >= 4 is 10.9 Å². The van der Waals surface area contributed by atoms with Crippen LogP contribution in [-0.4, -0.2) is 18.1 Å². The number of ether oxygens (including phenoxy) is 1. The largest absolute Gasteiger partial charge is 0.372 e. The van der Waals surface area contributed by atoms with Crippen LogP contribution in [0.4, 0.5) is 0 Å². The maximum Gasteiger partial charge on any atom is 0.0876 e. The van der Waals surface area contributed by atoms with Crippen LogP contribution in [0, 0.1) is 12.8 Å². The van der Waals surface area contributed by atoms with Gasteiger partial charge in [-0.1, -0.05) is 18.2 Å². The molecule has 1 fully saturated rings. The van der Waals surface area contributed by atoms with E-state index in [2.05, 4.69) is 36.2 Å². The van der Waals surface area contributed by atoms with Crippen molar-refractivity contribution in [2.24, 2.45) is 11.7 Å². The number of aromatic amines is 1. The molecule has 3 nitrogen and oxygen atoms in total. The Morgan fingerprint density at radius 1 is 1.39 bits per heavy atom. The van der Waals surface area contributed by atoms with E-state index in [0.717, 1.165) is 0 Å². The highest BCUT2D eigenvalue weighted by atomic mass is 16.5. The Morgan fingerprint density at radius 3 is 2.89 bits per heavy atom. The third kappa shape index (κ3) is 2.04. The van der Waals surface area contributed by atoms with Gasteiger partial charge in [0.2, 0.25) is 0 Å². The summed E-state index contributed by atoms with van der Waals surface area (Å²) < 4.78 is 6.00. The molecule has 1 aromatic heterocycles. The van der Waals surface area contributed by atoms with Crippen LogP contribution in [0.3, 0.4) is 0 Å². The highest BCUT2D eigenvalue weighted by Gasteiger charge is 2.35. The number of aryl methyl sites for hydroxylation is 1. The molecular weight excluding hydrogens is 224 g/mol. The van der Waals surface area contributed by atoms with Gasteiger partial charge in [-0.3, -0.25) is 0 Å². The number of nitrogens with two attached hydrogens (primary N) is 1. The molecule has 0 aliphatic heterocycles. The van der Waals surface area contributed by atoms with Crippen LogP contribution < -0.4 is 5.73 Å². The number of rotatable bonds is 5. The third-order valence-corrected chi connectivity index (χ3v) is 3.69. The van der Waals surface area contributed by atoms with Crippen LogP contribution in [0.1, 0.15) is 30.2 Å². The minimum atomic E-state index is 0.213. The van der Waals surface area contributed by atoms with Crippen molar-refractivity contribution in [3.8, 4) is 0 Å². The van der Waals surface area contributed by atoms with Crippen molar-refractivity contribution in [1.29, 1.82) is 0 Å². The van der Waals surface area contributed by atoms with Gasteiger partial charge in [0.25, 0.3) is 0 Å². The van der Waals surface area contributed by atoms with Gasteiger partial charge in [0.05, 0.1) is 12.7 Å². The zero-order chi connectivity index (χ0) is 12.5. The SMILES string of the molecule is Cc1[nH]c2ccccc2c1C(OCCN)C1CC1. The fourth-order valence-corrected chi connectivity index (χ4v) is 2.71. The fraction of sp³-hybridized carbons (Fsp3) is 0.467. The second kappa shape index (κ2) is 4.75. The van der Waals surface area contributed by atoms with E-state index in [4.69, 9.17) is 10.5 Å². The van der Waals surface area contributed by atoms with Gasteiger partial charge in [-0.2, -0.15) is 0 Å². The summed E-state index contributed by atoms with van der Waals surface area (Å²) in [7, 11) is 0. The molecule has 0 saturated heterocycles. The second-order valence-corrected chi connectivity index (χ2v) is 5.13. The molecule has 18 heavy (non-hydrogen) atoms. The molecule has 1 saturated carbocycles. The van der Waals surface area contributed by atoms with Gasteiger partial charge in [0.15, 0.2) is 0 Å². The molecule has 1 heterocycles. The van der Waals surface area contributed by atoms with Gasteiger partial charge >= 0.3 is 0 Å². The lowest BCUT2D eigenvalue weighted by atomic mass is 10.0. The monoisotopic (exact) mass is 244 g/mol. The molecular formula is C15H20N2O. The van der Waals surface area contributed by atoms with E-state index < -0.39 is 0 Å². The Morgan fingerprint density at radius 2 is 2.17 bits per heavy atom. The molecule has 1 aromatic carbocycles. The minimum Gasteiger partial charge on any atom is -0.372 e. The first kappa shape index (κ1) is 11.8. The Hall–Kier alpha value is -1.32. The van der Waals surface area contributed by atoms with Crippen molar-refractivity contribution in [1.82, 2.24) is 4.98 Å². The maximum absolute atomic E-state index is 6.00. The summed E-state index contributed by atoms with van der Waals surface area (Å²) in [6, 6.07) is 8.45. The molecule has 96 valence electrons. The Kier molecular flexibility index (Phi) is 3.10. The number of hydrogen-bond donors (Lipinski definition) is 2. The molecule has 0 amide bonds. The van der Waals surface area contributed by atoms with Crippen LogP contribution in [0.15, 0.2) is 24.3 Å². The number of nitrogens with one attached hydrogen (secondary N) is 1. The van der Waals surface area contributed by atoms with Gasteiger partial charge in [0, 0.05) is 28.7 Å². The summed E-state index contributed by atoms with van der Waals surface area (Å²) >= 11 is 0. The number of hydrogen-bond acceptors (Lipinski definition) is 2. The number of benzene rings is 1. The summed E-state index contributed by atoms with van der Waals surface area (Å²) in [6.45, 7) is 3.36. The van der Waals surface area contributed by atoms with Crippen molar-refractivity contribution in [3.63, 3.8) is 0 Å². The molecule has 1 unspecified atom stereocenters. The Bertz CT molecular complexity index is 542. The molecule has 3 heteroatoms. The van der Waals surface area contributed by atoms with Crippen molar-refractivity contribution in [3.05, 3.63) is 35.5 Å². The van der Waals surface area contributed by atoms with E-state index in [9.17, 15) is 0 Å². The lowest BCUT2D eigenvalue weighted by molar-refractivity contribution is 0.0430. The van der Waals surface area contributed by atoms with E-state index in [0.29, 0.717) is 19.1 Å². The summed E-state index contributed by atoms with van der Waals surface area (Å²) in [6.07, 6.45) is 2.76. The van der Waals surface area contributed by atoms with Gasteiger partial charge in [-0.05, 0) is 31.7 Å². The van der Waals surface area contributed by atoms with Crippen LogP contribution in [0.2, 0.25) is 0 Å².